The lowest BCUT2D eigenvalue weighted by molar-refractivity contribution is -0.123. The van der Waals surface area contributed by atoms with Crippen molar-refractivity contribution in [3.05, 3.63) is 0 Å². The number of unbranched alkanes of at least 4 members (excludes halogenated alkanes) is 28. The fourth-order valence-corrected chi connectivity index (χ4v) is 10.1. The van der Waals surface area contributed by atoms with E-state index in [1.807, 2.05) is 14.1 Å². The number of aliphatic hydroxyl groups excluding tert-OH is 4. The van der Waals surface area contributed by atoms with Crippen LogP contribution in [0.25, 0.3) is 0 Å². The molecule has 0 aromatic rings. The number of hydrogen-bond donors (Lipinski definition) is 6. The van der Waals surface area contributed by atoms with Crippen molar-refractivity contribution >= 4 is 11.8 Å². The number of likely N-dealkylation sites (N-methyl/N-ethyl adjacent to an activating group) is 2. The van der Waals surface area contributed by atoms with E-state index in [0.717, 1.165) is 77.5 Å². The largest absolute Gasteiger partial charge is 0.392 e. The summed E-state index contributed by atoms with van der Waals surface area (Å²) in [4.78, 5) is 34.3. The lowest BCUT2D eigenvalue weighted by Gasteiger charge is -2.29. The minimum absolute atomic E-state index is 0.0420. The molecule has 0 aliphatic rings. The Morgan fingerprint density at radius 3 is 0.770 bits per heavy atom. The Hall–Kier alpha value is -1.38. The van der Waals surface area contributed by atoms with Gasteiger partial charge in [-0.1, -0.05) is 233 Å². The summed E-state index contributed by atoms with van der Waals surface area (Å²) in [7, 11) is 4.05. The van der Waals surface area contributed by atoms with Gasteiger partial charge in [-0.2, -0.15) is 0 Å². The van der Waals surface area contributed by atoms with Crippen molar-refractivity contribution in [1.29, 1.82) is 0 Å². The second kappa shape index (κ2) is 55.0. The quantitative estimate of drug-likeness (QED) is 0.0325. The van der Waals surface area contributed by atoms with Crippen LogP contribution >= 0.6 is 0 Å². The highest BCUT2D eigenvalue weighted by atomic mass is 16.3. The van der Waals surface area contributed by atoms with Crippen LogP contribution in [0.5, 0.6) is 0 Å². The molecule has 4 unspecified atom stereocenters. The Kier molecular flexibility index (Phi) is 53.9. The van der Waals surface area contributed by atoms with Gasteiger partial charge in [-0.25, -0.2) is 0 Å². The van der Waals surface area contributed by atoms with E-state index in [4.69, 9.17) is 0 Å². The molecule has 12 nitrogen and oxygen atoms in total. The summed E-state index contributed by atoms with van der Waals surface area (Å²) in [5.74, 6) is -0.0840. The molecule has 0 spiro atoms. The molecule has 442 valence electrons. The van der Waals surface area contributed by atoms with Crippen molar-refractivity contribution in [3.8, 4) is 0 Å². The molecule has 4 atom stereocenters. The molecule has 0 aliphatic heterocycles. The lowest BCUT2D eigenvalue weighted by atomic mass is 10.0. The molecule has 0 radical (unpaired) electrons. The van der Waals surface area contributed by atoms with Crippen molar-refractivity contribution in [1.82, 2.24) is 30.2 Å². The maximum absolute atomic E-state index is 12.8. The first-order valence-electron chi connectivity index (χ1n) is 32.0. The minimum Gasteiger partial charge on any atom is -0.392 e. The molecule has 12 heteroatoms. The predicted octanol–water partition coefficient (Wildman–Crippen LogP) is 12.0. The van der Waals surface area contributed by atoms with Crippen LogP contribution in [0.1, 0.15) is 272 Å². The second-order valence-corrected chi connectivity index (χ2v) is 23.0. The van der Waals surface area contributed by atoms with Gasteiger partial charge < -0.3 is 40.9 Å². The molecule has 0 bridgehead atoms. The number of amides is 2. The highest BCUT2D eigenvalue weighted by Gasteiger charge is 2.19. The van der Waals surface area contributed by atoms with Crippen LogP contribution in [0, 0.1) is 0 Å². The average molecular weight is 1050 g/mol. The first-order chi connectivity index (χ1) is 35.9. The first-order valence-corrected chi connectivity index (χ1v) is 32.0. The highest BCUT2D eigenvalue weighted by Crippen LogP contribution is 2.16. The van der Waals surface area contributed by atoms with Crippen molar-refractivity contribution in [2.24, 2.45) is 0 Å². The number of nitrogens with zero attached hydrogens (tertiary/aromatic N) is 4. The Balaban J connectivity index is 4.76. The van der Waals surface area contributed by atoms with Crippen LogP contribution < -0.4 is 10.6 Å². The summed E-state index contributed by atoms with van der Waals surface area (Å²) in [6.07, 6.45) is 42.2. The molecule has 74 heavy (non-hydrogen) atoms. The van der Waals surface area contributed by atoms with Crippen molar-refractivity contribution in [2.75, 3.05) is 92.6 Å². The number of carbonyl (C=O) groups is 2. The minimum atomic E-state index is -0.404. The van der Waals surface area contributed by atoms with Gasteiger partial charge in [-0.15, -0.1) is 0 Å². The van der Waals surface area contributed by atoms with Crippen LogP contribution in [0.4, 0.5) is 0 Å². The first kappa shape index (κ1) is 72.6. The third-order valence-corrected chi connectivity index (χ3v) is 15.2. The van der Waals surface area contributed by atoms with Crippen LogP contribution in [0.15, 0.2) is 0 Å². The molecule has 0 rings (SSSR count). The molecule has 0 saturated heterocycles. The molecular formula is C62H128N6O6. The summed E-state index contributed by atoms with van der Waals surface area (Å²) in [6.45, 7) is 16.2. The standard InChI is InChI=1S/C62H128N6O6/c1-7-11-15-19-23-27-31-35-39-57(69)53-67(54-58(70)40-36-32-28-24-20-16-12-8-2)51-49-65(5)47-43-61(73)63-45-46-64-62(74)44-48-66(6)50-52-68(55-59(71)41-37-33-29-25-21-17-13-9-3)56-60(72)42-38-34-30-26-22-18-14-10-4/h57-60,69-72H,7-56H2,1-6H3,(H,63,73)(H,64,74). The van der Waals surface area contributed by atoms with Crippen LogP contribution in [-0.2, 0) is 9.59 Å². The van der Waals surface area contributed by atoms with Gasteiger partial charge in [0.2, 0.25) is 11.8 Å². The monoisotopic (exact) mass is 1050 g/mol. The molecule has 0 aromatic carbocycles. The number of carbonyl (C=O) groups excluding carboxylic acids is 2. The number of hydrogen-bond acceptors (Lipinski definition) is 10. The van der Waals surface area contributed by atoms with E-state index in [1.165, 1.54) is 180 Å². The molecule has 0 saturated carbocycles. The van der Waals surface area contributed by atoms with Gasteiger partial charge in [0.25, 0.3) is 0 Å². The number of nitrogens with one attached hydrogen (secondary N) is 2. The summed E-state index contributed by atoms with van der Waals surface area (Å²) in [5, 5.41) is 50.0. The summed E-state index contributed by atoms with van der Waals surface area (Å²) >= 11 is 0. The third-order valence-electron chi connectivity index (χ3n) is 15.2. The van der Waals surface area contributed by atoms with E-state index in [-0.39, 0.29) is 11.8 Å². The normalized spacial score (nSPS) is 13.6. The molecule has 6 N–H and O–H groups in total. The molecule has 0 aromatic heterocycles. The zero-order valence-electron chi connectivity index (χ0n) is 50.1. The fraction of sp³-hybridized carbons (Fsp3) is 0.968. The smallest absolute Gasteiger partial charge is 0.221 e. The van der Waals surface area contributed by atoms with Gasteiger partial charge in [-0.05, 0) is 39.8 Å². The second-order valence-electron chi connectivity index (χ2n) is 23.0. The van der Waals surface area contributed by atoms with Crippen LogP contribution in [0.2, 0.25) is 0 Å². The topological polar surface area (TPSA) is 152 Å². The maximum atomic E-state index is 12.8. The van der Waals surface area contributed by atoms with Crippen molar-refractivity contribution in [3.63, 3.8) is 0 Å². The Morgan fingerprint density at radius 2 is 0.541 bits per heavy atom. The molecule has 2 amide bonds. The van der Waals surface area contributed by atoms with Gasteiger partial charge in [0.05, 0.1) is 24.4 Å². The van der Waals surface area contributed by atoms with E-state index in [9.17, 15) is 30.0 Å². The van der Waals surface area contributed by atoms with E-state index >= 15 is 0 Å². The van der Waals surface area contributed by atoms with E-state index in [0.29, 0.717) is 65.2 Å². The van der Waals surface area contributed by atoms with Gasteiger partial charge in [-0.3, -0.25) is 19.4 Å². The van der Waals surface area contributed by atoms with Crippen molar-refractivity contribution < 1.29 is 30.0 Å². The van der Waals surface area contributed by atoms with Crippen LogP contribution in [0.3, 0.4) is 0 Å². The van der Waals surface area contributed by atoms with E-state index in [1.54, 1.807) is 0 Å². The predicted molar refractivity (Wildman–Crippen MR) is 316 cm³/mol. The highest BCUT2D eigenvalue weighted by molar-refractivity contribution is 5.77. The lowest BCUT2D eigenvalue weighted by Crippen LogP contribution is -2.43. The average Bonchev–Trinajstić information content (AvgIpc) is 3.38. The molecule has 0 aliphatic carbocycles. The zero-order chi connectivity index (χ0) is 54.5. The number of aliphatic hydroxyl groups is 4. The molecule has 0 heterocycles. The number of rotatable bonds is 59. The van der Waals surface area contributed by atoms with E-state index < -0.39 is 24.4 Å². The van der Waals surface area contributed by atoms with Crippen molar-refractivity contribution in [2.45, 2.75) is 296 Å². The Bertz CT molecular complexity index is 1040. The van der Waals surface area contributed by atoms with Gasteiger partial charge in [0, 0.05) is 91.4 Å². The Morgan fingerprint density at radius 1 is 0.324 bits per heavy atom. The van der Waals surface area contributed by atoms with Gasteiger partial charge >= 0.3 is 0 Å². The SMILES string of the molecule is CCCCCCCCCCC(O)CN(CCN(C)CCC(=O)NCCNC(=O)CCN(C)CCN(CC(O)CCCCCCCCCC)CC(O)CCCCCCCCCC)CC(O)CCCCCCCCCC. The third kappa shape index (κ3) is 51.4. The molecule has 0 fully saturated rings. The van der Waals surface area contributed by atoms with E-state index in [2.05, 4.69) is 57.9 Å². The summed E-state index contributed by atoms with van der Waals surface area (Å²) < 4.78 is 0. The summed E-state index contributed by atoms with van der Waals surface area (Å²) in [6, 6.07) is 0. The van der Waals surface area contributed by atoms with Crippen LogP contribution in [-0.4, -0.2) is 169 Å². The summed E-state index contributed by atoms with van der Waals surface area (Å²) in [5.41, 5.74) is 0. The Labute approximate surface area is 459 Å². The zero-order valence-corrected chi connectivity index (χ0v) is 50.1. The maximum Gasteiger partial charge on any atom is 0.221 e. The molecular weight excluding hydrogens is 925 g/mol. The van der Waals surface area contributed by atoms with Gasteiger partial charge in [0.15, 0.2) is 0 Å². The fourth-order valence-electron chi connectivity index (χ4n) is 10.1. The van der Waals surface area contributed by atoms with Gasteiger partial charge in [0.1, 0.15) is 0 Å².